The van der Waals surface area contributed by atoms with Gasteiger partial charge in [-0.3, -0.25) is 4.79 Å². The van der Waals surface area contributed by atoms with E-state index in [9.17, 15) is 9.59 Å². The lowest BCUT2D eigenvalue weighted by Gasteiger charge is -2.13. The van der Waals surface area contributed by atoms with Crippen molar-refractivity contribution in [1.82, 2.24) is 5.32 Å². The lowest BCUT2D eigenvalue weighted by Crippen LogP contribution is -2.37. The van der Waals surface area contributed by atoms with Crippen molar-refractivity contribution in [3.63, 3.8) is 0 Å². The largest absolute Gasteiger partial charge is 0.479 e. The van der Waals surface area contributed by atoms with E-state index < -0.39 is 12.1 Å². The molecule has 1 fully saturated rings. The van der Waals surface area contributed by atoms with Crippen LogP contribution in [-0.2, 0) is 4.79 Å². The fourth-order valence-electron chi connectivity index (χ4n) is 1.52. The highest BCUT2D eigenvalue weighted by atomic mass is 32.1. The Labute approximate surface area is 109 Å². The average Bonchev–Trinajstić information content (AvgIpc) is 3.01. The molecule has 0 bridgehead atoms. The van der Waals surface area contributed by atoms with Crippen molar-refractivity contribution in [1.29, 1.82) is 0 Å². The van der Waals surface area contributed by atoms with Gasteiger partial charge in [0.05, 0.1) is 0 Å². The molecule has 0 radical (unpaired) electrons. The zero-order chi connectivity index (χ0) is 13.3. The predicted molar refractivity (Wildman–Crippen MR) is 67.3 cm³/mol. The molecule has 2 rings (SSSR count). The first kappa shape index (κ1) is 12.9. The maximum Gasteiger partial charge on any atom is 0.349 e. The highest BCUT2D eigenvalue weighted by molar-refractivity contribution is 7.14. The summed E-state index contributed by atoms with van der Waals surface area (Å²) in [5, 5.41) is 11.8. The summed E-state index contributed by atoms with van der Waals surface area (Å²) in [5.41, 5.74) is 0. The number of rotatable bonds is 5. The number of hydrogen-bond donors (Lipinski definition) is 2. The summed E-state index contributed by atoms with van der Waals surface area (Å²) in [6, 6.07) is 1.92. The number of carboxylic acid groups (broad SMARTS) is 1. The molecule has 0 saturated heterocycles. The number of thiophene rings is 1. The third-order valence-electron chi connectivity index (χ3n) is 2.61. The molecular formula is C12H15NO4S. The fraction of sp³-hybridized carbons (Fsp3) is 0.500. The van der Waals surface area contributed by atoms with E-state index in [0.29, 0.717) is 0 Å². The molecular weight excluding hydrogens is 254 g/mol. The Morgan fingerprint density at radius 3 is 2.78 bits per heavy atom. The van der Waals surface area contributed by atoms with Crippen molar-refractivity contribution >= 4 is 23.2 Å². The molecule has 1 saturated carbocycles. The SMILES string of the molecule is Cc1cc(OC(C)C(=O)NC2CC2)c(C(=O)O)s1. The molecule has 1 aromatic heterocycles. The monoisotopic (exact) mass is 269 g/mol. The Hall–Kier alpha value is -1.56. The fourth-order valence-corrected chi connectivity index (χ4v) is 2.30. The molecule has 1 aliphatic rings. The van der Waals surface area contributed by atoms with Crippen LogP contribution in [-0.4, -0.2) is 29.1 Å². The number of carbonyl (C=O) groups excluding carboxylic acids is 1. The van der Waals surface area contributed by atoms with Crippen LogP contribution in [0.15, 0.2) is 6.07 Å². The minimum absolute atomic E-state index is 0.138. The van der Waals surface area contributed by atoms with E-state index in [1.807, 2.05) is 0 Å². The number of aromatic carboxylic acids is 1. The van der Waals surface area contributed by atoms with Crippen LogP contribution in [0.5, 0.6) is 5.75 Å². The van der Waals surface area contributed by atoms with Gasteiger partial charge < -0.3 is 15.2 Å². The normalized spacial score (nSPS) is 16.1. The van der Waals surface area contributed by atoms with Crippen LogP contribution in [0.3, 0.4) is 0 Å². The van der Waals surface area contributed by atoms with E-state index in [-0.39, 0.29) is 22.6 Å². The van der Waals surface area contributed by atoms with Gasteiger partial charge in [-0.1, -0.05) is 0 Å². The van der Waals surface area contributed by atoms with Crippen LogP contribution in [0, 0.1) is 6.92 Å². The van der Waals surface area contributed by atoms with E-state index in [2.05, 4.69) is 5.32 Å². The Morgan fingerprint density at radius 2 is 2.22 bits per heavy atom. The molecule has 98 valence electrons. The van der Waals surface area contributed by atoms with Gasteiger partial charge >= 0.3 is 5.97 Å². The number of carboxylic acids is 1. The molecule has 0 aliphatic heterocycles. The molecule has 0 spiro atoms. The number of nitrogens with one attached hydrogen (secondary N) is 1. The summed E-state index contributed by atoms with van der Waals surface area (Å²) in [4.78, 5) is 23.7. The highest BCUT2D eigenvalue weighted by Gasteiger charge is 2.27. The predicted octanol–water partition coefficient (Wildman–Crippen LogP) is 1.80. The molecule has 2 N–H and O–H groups in total. The molecule has 1 atom stereocenters. The van der Waals surface area contributed by atoms with E-state index in [0.717, 1.165) is 29.1 Å². The molecule has 6 heteroatoms. The van der Waals surface area contributed by atoms with Crippen LogP contribution < -0.4 is 10.1 Å². The van der Waals surface area contributed by atoms with Gasteiger partial charge in [-0.15, -0.1) is 11.3 Å². The van der Waals surface area contributed by atoms with Crippen LogP contribution in [0.4, 0.5) is 0 Å². The second kappa shape index (κ2) is 4.97. The third kappa shape index (κ3) is 3.01. The Balaban J connectivity index is 2.03. The van der Waals surface area contributed by atoms with Gasteiger partial charge in [0.15, 0.2) is 11.0 Å². The minimum atomic E-state index is -1.03. The van der Waals surface area contributed by atoms with E-state index in [1.165, 1.54) is 0 Å². The summed E-state index contributed by atoms with van der Waals surface area (Å²) < 4.78 is 5.44. The second-order valence-electron chi connectivity index (χ2n) is 4.40. The summed E-state index contributed by atoms with van der Waals surface area (Å²) in [7, 11) is 0. The van der Waals surface area contributed by atoms with Gasteiger partial charge in [0, 0.05) is 10.9 Å². The zero-order valence-corrected chi connectivity index (χ0v) is 11.0. The Kier molecular flexibility index (Phi) is 3.56. The molecule has 0 aromatic carbocycles. The third-order valence-corrected chi connectivity index (χ3v) is 3.63. The molecule has 1 unspecified atom stereocenters. The van der Waals surface area contributed by atoms with Gasteiger partial charge in [0.25, 0.3) is 5.91 Å². The summed E-state index contributed by atoms with van der Waals surface area (Å²) in [6.45, 7) is 3.43. The first-order chi connectivity index (χ1) is 8.47. The van der Waals surface area contributed by atoms with Crippen molar-refractivity contribution in [3.8, 4) is 5.75 Å². The molecule has 18 heavy (non-hydrogen) atoms. The lowest BCUT2D eigenvalue weighted by molar-refractivity contribution is -0.127. The number of hydrogen-bond acceptors (Lipinski definition) is 4. The van der Waals surface area contributed by atoms with Gasteiger partial charge in [0.1, 0.15) is 5.75 Å². The van der Waals surface area contributed by atoms with Gasteiger partial charge in [0.2, 0.25) is 0 Å². The van der Waals surface area contributed by atoms with Crippen LogP contribution in [0.25, 0.3) is 0 Å². The van der Waals surface area contributed by atoms with Crippen molar-refractivity contribution in [3.05, 3.63) is 15.8 Å². The van der Waals surface area contributed by atoms with Gasteiger partial charge in [-0.25, -0.2) is 4.79 Å². The number of ether oxygens (including phenoxy) is 1. The quantitative estimate of drug-likeness (QED) is 0.854. The van der Waals surface area contributed by atoms with E-state index in [1.54, 1.807) is 19.9 Å². The van der Waals surface area contributed by atoms with Crippen molar-refractivity contribution in [2.45, 2.75) is 38.8 Å². The molecule has 5 nitrogen and oxygen atoms in total. The van der Waals surface area contributed by atoms with E-state index >= 15 is 0 Å². The zero-order valence-electron chi connectivity index (χ0n) is 10.2. The summed E-state index contributed by atoms with van der Waals surface area (Å²) in [6.07, 6.45) is 1.34. The number of aryl methyl sites for hydroxylation is 1. The molecule has 1 heterocycles. The van der Waals surface area contributed by atoms with Crippen LogP contribution >= 0.6 is 11.3 Å². The van der Waals surface area contributed by atoms with Crippen LogP contribution in [0.2, 0.25) is 0 Å². The smallest absolute Gasteiger partial charge is 0.349 e. The van der Waals surface area contributed by atoms with Crippen molar-refractivity contribution < 1.29 is 19.4 Å². The minimum Gasteiger partial charge on any atom is -0.479 e. The summed E-state index contributed by atoms with van der Waals surface area (Å²) >= 11 is 1.15. The van der Waals surface area contributed by atoms with Gasteiger partial charge in [-0.2, -0.15) is 0 Å². The van der Waals surface area contributed by atoms with Gasteiger partial charge in [-0.05, 0) is 32.8 Å². The highest BCUT2D eigenvalue weighted by Crippen LogP contribution is 2.29. The topological polar surface area (TPSA) is 75.6 Å². The van der Waals surface area contributed by atoms with Crippen molar-refractivity contribution in [2.24, 2.45) is 0 Å². The van der Waals surface area contributed by atoms with Crippen molar-refractivity contribution in [2.75, 3.05) is 0 Å². The average molecular weight is 269 g/mol. The standard InChI is InChI=1S/C12H15NO4S/c1-6-5-9(10(18-6)12(15)16)17-7(2)11(14)13-8-3-4-8/h5,7-8H,3-4H2,1-2H3,(H,13,14)(H,15,16). The second-order valence-corrected chi connectivity index (χ2v) is 5.65. The number of carbonyl (C=O) groups is 2. The summed E-state index contributed by atoms with van der Waals surface area (Å²) in [5.74, 6) is -0.959. The Bertz CT molecular complexity index is 478. The Morgan fingerprint density at radius 1 is 1.56 bits per heavy atom. The maximum atomic E-state index is 11.7. The lowest BCUT2D eigenvalue weighted by atomic mass is 10.3. The van der Waals surface area contributed by atoms with E-state index in [4.69, 9.17) is 9.84 Å². The molecule has 1 aromatic rings. The molecule has 1 aliphatic carbocycles. The van der Waals surface area contributed by atoms with Crippen LogP contribution in [0.1, 0.15) is 34.3 Å². The number of amides is 1. The maximum absolute atomic E-state index is 11.7. The first-order valence-corrected chi connectivity index (χ1v) is 6.59. The molecule has 1 amide bonds. The first-order valence-electron chi connectivity index (χ1n) is 5.78.